The zero-order chi connectivity index (χ0) is 11.0. The van der Waals surface area contributed by atoms with Crippen LogP contribution in [-0.4, -0.2) is 28.4 Å². The zero-order valence-corrected chi connectivity index (χ0v) is 8.40. The van der Waals surface area contributed by atoms with Crippen LogP contribution in [0, 0.1) is 11.8 Å². The van der Waals surface area contributed by atoms with Crippen molar-refractivity contribution in [3.63, 3.8) is 0 Å². The number of hydrogen-bond acceptors (Lipinski definition) is 4. The normalized spacial score (nSPS) is 27.0. The lowest BCUT2D eigenvalue weighted by Gasteiger charge is -2.20. The van der Waals surface area contributed by atoms with Crippen molar-refractivity contribution in [1.29, 1.82) is 0 Å². The largest absolute Gasteiger partial charge is 0.511 e. The number of Topliss-reactive ketones (excluding diaryl/α,β-unsaturated/α-hetero) is 2. The highest BCUT2D eigenvalue weighted by molar-refractivity contribution is 6.22. The lowest BCUT2D eigenvalue weighted by atomic mass is 9.83. The summed E-state index contributed by atoms with van der Waals surface area (Å²) in [6, 6.07) is 0. The fourth-order valence-electron chi connectivity index (χ4n) is 1.93. The average Bonchev–Trinajstić information content (AvgIpc) is 2.99. The van der Waals surface area contributed by atoms with Crippen LogP contribution < -0.4 is 0 Å². The van der Waals surface area contributed by atoms with Crippen molar-refractivity contribution in [3.8, 4) is 0 Å². The molecular weight excluding hydrogens is 196 g/mol. The molecule has 2 aliphatic rings. The maximum absolute atomic E-state index is 11.6. The Kier molecular flexibility index (Phi) is 2.61. The van der Waals surface area contributed by atoms with Gasteiger partial charge in [0.2, 0.25) is 0 Å². The van der Waals surface area contributed by atoms with Crippen molar-refractivity contribution in [3.05, 3.63) is 11.3 Å². The summed E-state index contributed by atoms with van der Waals surface area (Å²) in [5.74, 6) is -0.870. The van der Waals surface area contributed by atoms with Crippen LogP contribution in [0.25, 0.3) is 0 Å². The highest BCUT2D eigenvalue weighted by Gasteiger charge is 2.37. The molecule has 0 bridgehead atoms. The van der Waals surface area contributed by atoms with Crippen LogP contribution in [0.3, 0.4) is 0 Å². The van der Waals surface area contributed by atoms with Crippen molar-refractivity contribution in [2.45, 2.75) is 25.7 Å². The Bertz CT molecular complexity index is 318. The van der Waals surface area contributed by atoms with E-state index in [2.05, 4.69) is 0 Å². The van der Waals surface area contributed by atoms with Gasteiger partial charge in [-0.1, -0.05) is 0 Å². The van der Waals surface area contributed by atoms with E-state index in [1.807, 2.05) is 0 Å². The molecule has 2 aliphatic carbocycles. The molecule has 2 saturated carbocycles. The van der Waals surface area contributed by atoms with Crippen LogP contribution in [0.2, 0.25) is 0 Å². The SMILES string of the molecule is O=C1CC(CO)CC(=O)C1=C(O)C1CC1. The smallest absolute Gasteiger partial charge is 0.170 e. The molecule has 15 heavy (non-hydrogen) atoms. The van der Waals surface area contributed by atoms with Gasteiger partial charge in [0.1, 0.15) is 5.76 Å². The van der Waals surface area contributed by atoms with Crippen LogP contribution in [0.15, 0.2) is 11.3 Å². The molecule has 0 radical (unpaired) electrons. The Morgan fingerprint density at radius 2 is 1.73 bits per heavy atom. The number of rotatable bonds is 2. The Morgan fingerprint density at radius 3 is 2.13 bits per heavy atom. The summed E-state index contributed by atoms with van der Waals surface area (Å²) in [6.45, 7) is -0.144. The van der Waals surface area contributed by atoms with E-state index in [-0.39, 0.29) is 54.2 Å². The topological polar surface area (TPSA) is 74.6 Å². The first kappa shape index (κ1) is 10.4. The average molecular weight is 210 g/mol. The molecule has 0 unspecified atom stereocenters. The molecular formula is C11H14O4. The van der Waals surface area contributed by atoms with E-state index in [0.717, 1.165) is 12.8 Å². The standard InChI is InChI=1S/C11H14O4/c12-5-6-3-8(13)10(9(14)4-6)11(15)7-1-2-7/h6-7,12,15H,1-5H2. The summed E-state index contributed by atoms with van der Waals surface area (Å²) in [5.41, 5.74) is 0.00204. The van der Waals surface area contributed by atoms with Gasteiger partial charge in [-0.2, -0.15) is 0 Å². The van der Waals surface area contributed by atoms with Crippen LogP contribution >= 0.6 is 0 Å². The minimum absolute atomic E-state index is 0.00204. The predicted octanol–water partition coefficient (Wildman–Crippen LogP) is 0.749. The Hall–Kier alpha value is -1.16. The highest BCUT2D eigenvalue weighted by Crippen LogP contribution is 2.38. The Morgan fingerprint density at radius 1 is 1.20 bits per heavy atom. The Labute approximate surface area is 87.6 Å². The van der Waals surface area contributed by atoms with Crippen LogP contribution in [-0.2, 0) is 9.59 Å². The second-order valence-corrected chi connectivity index (χ2v) is 4.34. The van der Waals surface area contributed by atoms with Gasteiger partial charge in [-0.25, -0.2) is 0 Å². The van der Waals surface area contributed by atoms with E-state index < -0.39 is 0 Å². The molecule has 2 rings (SSSR count). The molecule has 0 aromatic heterocycles. The van der Waals surface area contributed by atoms with Crippen LogP contribution in [0.5, 0.6) is 0 Å². The number of aliphatic hydroxyl groups excluding tert-OH is 2. The van der Waals surface area contributed by atoms with Crippen molar-refractivity contribution in [2.24, 2.45) is 11.8 Å². The third kappa shape index (κ3) is 1.95. The third-order valence-corrected chi connectivity index (χ3v) is 2.98. The fourth-order valence-corrected chi connectivity index (χ4v) is 1.93. The maximum Gasteiger partial charge on any atom is 0.170 e. The molecule has 0 amide bonds. The molecule has 4 nitrogen and oxygen atoms in total. The van der Waals surface area contributed by atoms with Crippen LogP contribution in [0.4, 0.5) is 0 Å². The molecule has 82 valence electrons. The number of ketones is 2. The number of aliphatic hydroxyl groups is 2. The lowest BCUT2D eigenvalue weighted by molar-refractivity contribution is -0.126. The second kappa shape index (κ2) is 3.77. The van der Waals surface area contributed by atoms with E-state index in [0.29, 0.717) is 0 Å². The van der Waals surface area contributed by atoms with Crippen molar-refractivity contribution in [2.75, 3.05) is 6.61 Å². The Balaban J connectivity index is 2.22. The number of allylic oxidation sites excluding steroid dienone is 2. The molecule has 0 heterocycles. The van der Waals surface area contributed by atoms with Gasteiger partial charge in [0.15, 0.2) is 11.6 Å². The van der Waals surface area contributed by atoms with E-state index in [4.69, 9.17) is 5.11 Å². The first-order chi connectivity index (χ1) is 7.13. The van der Waals surface area contributed by atoms with Gasteiger partial charge in [0.25, 0.3) is 0 Å². The van der Waals surface area contributed by atoms with E-state index >= 15 is 0 Å². The van der Waals surface area contributed by atoms with Gasteiger partial charge < -0.3 is 10.2 Å². The summed E-state index contributed by atoms with van der Waals surface area (Å²) in [6.07, 6.45) is 2.07. The molecule has 0 saturated heterocycles. The lowest BCUT2D eigenvalue weighted by Crippen LogP contribution is -2.29. The van der Waals surface area contributed by atoms with Gasteiger partial charge >= 0.3 is 0 Å². The van der Waals surface area contributed by atoms with Gasteiger partial charge in [0, 0.05) is 25.4 Å². The first-order valence-corrected chi connectivity index (χ1v) is 5.24. The third-order valence-electron chi connectivity index (χ3n) is 2.98. The molecule has 0 spiro atoms. The molecule has 0 aromatic carbocycles. The number of hydrogen-bond donors (Lipinski definition) is 2. The van der Waals surface area contributed by atoms with Gasteiger partial charge in [-0.15, -0.1) is 0 Å². The summed E-state index contributed by atoms with van der Waals surface area (Å²) in [4.78, 5) is 23.2. The van der Waals surface area contributed by atoms with Crippen molar-refractivity contribution in [1.82, 2.24) is 0 Å². The second-order valence-electron chi connectivity index (χ2n) is 4.34. The minimum Gasteiger partial charge on any atom is -0.511 e. The van der Waals surface area contributed by atoms with Gasteiger partial charge in [-0.05, 0) is 18.8 Å². The monoisotopic (exact) mass is 210 g/mol. The molecule has 2 fully saturated rings. The molecule has 0 aromatic rings. The summed E-state index contributed by atoms with van der Waals surface area (Å²) < 4.78 is 0. The molecule has 2 N–H and O–H groups in total. The maximum atomic E-state index is 11.6. The van der Waals surface area contributed by atoms with E-state index in [9.17, 15) is 14.7 Å². The summed E-state index contributed by atoms with van der Waals surface area (Å²) >= 11 is 0. The number of carbonyl (C=O) groups is 2. The first-order valence-electron chi connectivity index (χ1n) is 5.24. The molecule has 4 heteroatoms. The number of carbonyl (C=O) groups excluding carboxylic acids is 2. The molecule has 0 aliphatic heterocycles. The summed E-state index contributed by atoms with van der Waals surface area (Å²) in [7, 11) is 0. The summed E-state index contributed by atoms with van der Waals surface area (Å²) in [5, 5.41) is 18.6. The van der Waals surface area contributed by atoms with Crippen molar-refractivity contribution >= 4 is 11.6 Å². The van der Waals surface area contributed by atoms with Gasteiger partial charge in [0.05, 0.1) is 5.57 Å². The quantitative estimate of drug-likeness (QED) is 0.400. The van der Waals surface area contributed by atoms with Gasteiger partial charge in [-0.3, -0.25) is 9.59 Å². The van der Waals surface area contributed by atoms with Crippen LogP contribution in [0.1, 0.15) is 25.7 Å². The predicted molar refractivity (Wildman–Crippen MR) is 52.2 cm³/mol. The van der Waals surface area contributed by atoms with E-state index in [1.165, 1.54) is 0 Å². The highest BCUT2D eigenvalue weighted by atomic mass is 16.3. The zero-order valence-electron chi connectivity index (χ0n) is 8.40. The molecule has 0 atom stereocenters. The van der Waals surface area contributed by atoms with E-state index in [1.54, 1.807) is 0 Å². The minimum atomic E-state index is -0.310. The fraction of sp³-hybridized carbons (Fsp3) is 0.636. The van der Waals surface area contributed by atoms with Crippen molar-refractivity contribution < 1.29 is 19.8 Å².